The minimum atomic E-state index is 0.681. The summed E-state index contributed by atoms with van der Waals surface area (Å²) in [5.74, 6) is 1.60. The molecular formula is C26H28N2O. The Hall–Kier alpha value is -2.78. The Morgan fingerprint density at radius 3 is 2.41 bits per heavy atom. The molecule has 0 spiro atoms. The van der Waals surface area contributed by atoms with Crippen molar-refractivity contribution in [2.75, 3.05) is 13.1 Å². The van der Waals surface area contributed by atoms with E-state index in [0.29, 0.717) is 5.92 Å². The largest absolute Gasteiger partial charge is 0.463 e. The van der Waals surface area contributed by atoms with Crippen molar-refractivity contribution in [2.45, 2.75) is 39.2 Å². The highest BCUT2D eigenvalue weighted by atomic mass is 16.3. The fourth-order valence-corrected chi connectivity index (χ4v) is 5.07. The lowest BCUT2D eigenvalue weighted by atomic mass is 9.84. The summed E-state index contributed by atoms with van der Waals surface area (Å²) in [4.78, 5) is 6.19. The second-order valence-corrected chi connectivity index (χ2v) is 8.36. The second-order valence-electron chi connectivity index (χ2n) is 8.36. The van der Waals surface area contributed by atoms with Crippen LogP contribution in [0.25, 0.3) is 22.4 Å². The van der Waals surface area contributed by atoms with Gasteiger partial charge in [-0.15, -0.1) is 0 Å². The highest BCUT2D eigenvalue weighted by molar-refractivity contribution is 5.89. The molecule has 3 heterocycles. The van der Waals surface area contributed by atoms with Crippen LogP contribution in [-0.2, 0) is 6.54 Å². The van der Waals surface area contributed by atoms with Gasteiger partial charge in [-0.25, -0.2) is 0 Å². The van der Waals surface area contributed by atoms with Gasteiger partial charge >= 0.3 is 0 Å². The Kier molecular flexibility index (Phi) is 4.76. The van der Waals surface area contributed by atoms with Crippen molar-refractivity contribution in [3.05, 3.63) is 83.1 Å². The van der Waals surface area contributed by atoms with Crippen LogP contribution < -0.4 is 0 Å². The molecule has 1 aliphatic heterocycles. The van der Waals surface area contributed by atoms with Crippen LogP contribution in [0.1, 0.15) is 41.0 Å². The van der Waals surface area contributed by atoms with Crippen LogP contribution in [0, 0.1) is 13.8 Å². The number of aromatic nitrogens is 1. The predicted octanol–water partition coefficient (Wildman–Crippen LogP) is 6.42. The molecule has 0 bridgehead atoms. The second kappa shape index (κ2) is 7.57. The normalized spacial score (nSPS) is 15.9. The number of hydrogen-bond donors (Lipinski definition) is 1. The monoisotopic (exact) mass is 384 g/mol. The number of aromatic amines is 1. The number of para-hydroxylation sites is 1. The zero-order valence-corrected chi connectivity index (χ0v) is 17.2. The van der Waals surface area contributed by atoms with E-state index >= 15 is 0 Å². The summed E-state index contributed by atoms with van der Waals surface area (Å²) in [6.45, 7) is 7.75. The van der Waals surface area contributed by atoms with Gasteiger partial charge in [0.2, 0.25) is 0 Å². The first-order chi connectivity index (χ1) is 14.2. The Labute approximate surface area is 172 Å². The van der Waals surface area contributed by atoms with E-state index in [2.05, 4.69) is 66.2 Å². The van der Waals surface area contributed by atoms with Crippen molar-refractivity contribution in [3.63, 3.8) is 0 Å². The Balaban J connectivity index is 1.38. The van der Waals surface area contributed by atoms with Crippen LogP contribution in [0.15, 0.2) is 65.3 Å². The fourth-order valence-electron chi connectivity index (χ4n) is 5.07. The molecule has 0 radical (unpaired) electrons. The van der Waals surface area contributed by atoms with E-state index in [1.807, 2.05) is 12.1 Å². The first-order valence-electron chi connectivity index (χ1n) is 10.6. The van der Waals surface area contributed by atoms with Gasteiger partial charge in [-0.3, -0.25) is 4.90 Å². The Bertz CT molecular complexity index is 1090. The lowest BCUT2D eigenvalue weighted by molar-refractivity contribution is 0.205. The van der Waals surface area contributed by atoms with Gasteiger partial charge in [0, 0.05) is 23.0 Å². The van der Waals surface area contributed by atoms with Crippen molar-refractivity contribution in [3.8, 4) is 11.5 Å². The van der Waals surface area contributed by atoms with Crippen molar-refractivity contribution in [1.29, 1.82) is 0 Å². The molecule has 0 atom stereocenters. The predicted molar refractivity (Wildman–Crippen MR) is 119 cm³/mol. The molecule has 1 fully saturated rings. The third-order valence-electron chi connectivity index (χ3n) is 6.50. The zero-order valence-electron chi connectivity index (χ0n) is 17.2. The summed E-state index contributed by atoms with van der Waals surface area (Å²) in [6, 6.07) is 19.3. The van der Waals surface area contributed by atoms with Gasteiger partial charge in [0.05, 0.1) is 12.0 Å². The number of nitrogens with one attached hydrogen (secondary N) is 1. The van der Waals surface area contributed by atoms with Gasteiger partial charge in [0.15, 0.2) is 0 Å². The number of H-pyrrole nitrogens is 1. The maximum Gasteiger partial charge on any atom is 0.150 e. The molecule has 4 aromatic rings. The molecule has 2 aromatic carbocycles. The maximum absolute atomic E-state index is 5.73. The Morgan fingerprint density at radius 2 is 1.69 bits per heavy atom. The first kappa shape index (κ1) is 18.3. The zero-order chi connectivity index (χ0) is 19.8. The van der Waals surface area contributed by atoms with E-state index in [1.165, 1.54) is 40.4 Å². The quantitative estimate of drug-likeness (QED) is 0.440. The molecule has 148 valence electrons. The van der Waals surface area contributed by atoms with Gasteiger partial charge in [0.25, 0.3) is 0 Å². The third-order valence-corrected chi connectivity index (χ3v) is 6.50. The minimum absolute atomic E-state index is 0.681. The minimum Gasteiger partial charge on any atom is -0.463 e. The molecule has 1 N–H and O–H groups in total. The molecule has 1 aliphatic rings. The molecule has 3 heteroatoms. The first-order valence-corrected chi connectivity index (χ1v) is 10.6. The summed E-state index contributed by atoms with van der Waals surface area (Å²) in [5, 5.41) is 1.30. The van der Waals surface area contributed by atoms with Crippen molar-refractivity contribution in [1.82, 2.24) is 9.88 Å². The van der Waals surface area contributed by atoms with E-state index in [-0.39, 0.29) is 0 Å². The lowest BCUT2D eigenvalue weighted by Crippen LogP contribution is -2.33. The number of piperidine rings is 1. The summed E-state index contributed by atoms with van der Waals surface area (Å²) in [6.07, 6.45) is 4.20. The lowest BCUT2D eigenvalue weighted by Gasteiger charge is -2.33. The highest BCUT2D eigenvalue weighted by Crippen LogP contribution is 2.35. The van der Waals surface area contributed by atoms with Gasteiger partial charge in [-0.05, 0) is 80.6 Å². The van der Waals surface area contributed by atoms with Crippen molar-refractivity contribution >= 4 is 10.9 Å². The van der Waals surface area contributed by atoms with Gasteiger partial charge in [-0.1, -0.05) is 36.4 Å². The van der Waals surface area contributed by atoms with E-state index in [9.17, 15) is 0 Å². The van der Waals surface area contributed by atoms with E-state index in [1.54, 1.807) is 11.8 Å². The average molecular weight is 385 g/mol. The fraction of sp³-hybridized carbons (Fsp3) is 0.308. The molecule has 29 heavy (non-hydrogen) atoms. The van der Waals surface area contributed by atoms with Crippen LogP contribution in [-0.4, -0.2) is 23.0 Å². The van der Waals surface area contributed by atoms with Gasteiger partial charge in [-0.2, -0.15) is 0 Å². The van der Waals surface area contributed by atoms with Crippen molar-refractivity contribution < 1.29 is 4.42 Å². The third kappa shape index (κ3) is 3.40. The number of furan rings is 1. The van der Waals surface area contributed by atoms with Crippen LogP contribution in [0.2, 0.25) is 0 Å². The number of hydrogen-bond acceptors (Lipinski definition) is 2. The number of benzene rings is 2. The van der Waals surface area contributed by atoms with Gasteiger partial charge in [0.1, 0.15) is 5.76 Å². The number of nitrogens with zero attached hydrogens (tertiary/aromatic N) is 1. The maximum atomic E-state index is 5.73. The molecule has 5 rings (SSSR count). The molecule has 0 saturated carbocycles. The van der Waals surface area contributed by atoms with Gasteiger partial charge < -0.3 is 9.40 Å². The molecule has 2 aromatic heterocycles. The van der Waals surface area contributed by atoms with Crippen molar-refractivity contribution in [2.24, 2.45) is 0 Å². The van der Waals surface area contributed by atoms with Crippen LogP contribution in [0.3, 0.4) is 0 Å². The number of rotatable bonds is 4. The topological polar surface area (TPSA) is 32.2 Å². The smallest absolute Gasteiger partial charge is 0.150 e. The summed E-state index contributed by atoms with van der Waals surface area (Å²) in [7, 11) is 0. The molecule has 1 saturated heterocycles. The molecule has 0 amide bonds. The summed E-state index contributed by atoms with van der Waals surface area (Å²) in [5.41, 5.74) is 8.12. The summed E-state index contributed by atoms with van der Waals surface area (Å²) >= 11 is 0. The molecule has 3 nitrogen and oxygen atoms in total. The standard InChI is InChI=1S/C26H28N2O/c1-18-7-5-8-19(2)25(18)20-12-14-28(15-13-20)17-22-21-9-3-4-10-23(21)27-26(22)24-11-6-16-29-24/h3-11,16,20,27H,12-15,17H2,1-2H3. The number of fused-ring (bicyclic) bond motifs is 1. The molecular weight excluding hydrogens is 356 g/mol. The number of likely N-dealkylation sites (tertiary alicyclic amines) is 1. The van der Waals surface area contributed by atoms with Crippen LogP contribution >= 0.6 is 0 Å². The average Bonchev–Trinajstić information content (AvgIpc) is 3.37. The van der Waals surface area contributed by atoms with Crippen LogP contribution in [0.5, 0.6) is 0 Å². The van der Waals surface area contributed by atoms with E-state index < -0.39 is 0 Å². The SMILES string of the molecule is Cc1cccc(C)c1C1CCN(Cc2c(-c3ccco3)[nH]c3ccccc23)CC1. The highest BCUT2D eigenvalue weighted by Gasteiger charge is 2.25. The Morgan fingerprint density at radius 1 is 0.931 bits per heavy atom. The van der Waals surface area contributed by atoms with Crippen LogP contribution in [0.4, 0.5) is 0 Å². The summed E-state index contributed by atoms with van der Waals surface area (Å²) < 4.78 is 5.73. The van der Waals surface area contributed by atoms with E-state index in [4.69, 9.17) is 4.42 Å². The molecule has 0 aliphatic carbocycles. The number of aryl methyl sites for hydroxylation is 2. The molecule has 0 unspecified atom stereocenters. The van der Waals surface area contributed by atoms with E-state index in [0.717, 1.165) is 31.1 Å².